The molecule has 0 atom stereocenters. The SMILES string of the molecule is CC(=O)N(c1nc(/C=C/C(=O)Nc2ccc(C(=O)c3nccn3C)cc2)cs1)c1ccccc1F. The number of carbonyl (C=O) groups excluding carboxylic acids is 3. The number of rotatable bonds is 7. The first-order chi connectivity index (χ1) is 16.8. The van der Waals surface area contributed by atoms with Crippen LogP contribution in [-0.2, 0) is 16.6 Å². The molecule has 0 spiro atoms. The zero-order chi connectivity index (χ0) is 24.9. The van der Waals surface area contributed by atoms with Crippen molar-refractivity contribution in [2.75, 3.05) is 10.2 Å². The summed E-state index contributed by atoms with van der Waals surface area (Å²) in [5, 5.41) is 4.66. The third-order valence-corrected chi connectivity index (χ3v) is 5.80. The average Bonchev–Trinajstić information content (AvgIpc) is 3.48. The molecule has 0 saturated carbocycles. The highest BCUT2D eigenvalue weighted by Gasteiger charge is 2.20. The van der Waals surface area contributed by atoms with Gasteiger partial charge in [-0.15, -0.1) is 11.3 Å². The van der Waals surface area contributed by atoms with Gasteiger partial charge in [-0.1, -0.05) is 12.1 Å². The molecular formula is C25H20FN5O3S. The number of hydrogen-bond acceptors (Lipinski definition) is 6. The van der Waals surface area contributed by atoms with Crippen molar-refractivity contribution >= 4 is 51.5 Å². The van der Waals surface area contributed by atoms with Gasteiger partial charge in [0.05, 0.1) is 11.4 Å². The van der Waals surface area contributed by atoms with Gasteiger partial charge in [0, 0.05) is 49.1 Å². The van der Waals surface area contributed by atoms with Gasteiger partial charge in [0.25, 0.3) is 0 Å². The largest absolute Gasteiger partial charge is 0.331 e. The van der Waals surface area contributed by atoms with E-state index in [1.165, 1.54) is 42.2 Å². The number of ketones is 1. The van der Waals surface area contributed by atoms with E-state index in [-0.39, 0.29) is 22.5 Å². The minimum absolute atomic E-state index is 0.104. The molecular weight excluding hydrogens is 469 g/mol. The second-order valence-corrected chi connectivity index (χ2v) is 8.29. The highest BCUT2D eigenvalue weighted by molar-refractivity contribution is 7.14. The fourth-order valence-corrected chi connectivity index (χ4v) is 4.11. The van der Waals surface area contributed by atoms with Crippen LogP contribution in [0.1, 0.15) is 28.8 Å². The molecule has 0 fully saturated rings. The van der Waals surface area contributed by atoms with Gasteiger partial charge in [-0.3, -0.25) is 19.3 Å². The van der Waals surface area contributed by atoms with Crippen LogP contribution in [0, 0.1) is 5.82 Å². The molecule has 0 saturated heterocycles. The molecule has 0 radical (unpaired) electrons. The van der Waals surface area contributed by atoms with Crippen LogP contribution in [0.5, 0.6) is 0 Å². The fourth-order valence-electron chi connectivity index (χ4n) is 3.26. The number of aryl methyl sites for hydroxylation is 1. The standard InChI is InChI=1S/C25H20FN5O3S/c1-16(32)31(21-6-4-3-5-20(21)26)25-29-19(15-35-25)11-12-22(33)28-18-9-7-17(8-10-18)23(34)24-27-13-14-30(24)2/h3-15H,1-2H3,(H,28,33)/b12-11+. The number of amides is 2. The molecule has 176 valence electrons. The molecule has 1 N–H and O–H groups in total. The van der Waals surface area contributed by atoms with Crippen LogP contribution in [0.2, 0.25) is 0 Å². The maximum atomic E-state index is 14.2. The summed E-state index contributed by atoms with van der Waals surface area (Å²) in [5.74, 6) is -1.22. The van der Waals surface area contributed by atoms with Crippen LogP contribution < -0.4 is 10.2 Å². The molecule has 2 amide bonds. The Morgan fingerprint density at radius 2 is 1.86 bits per heavy atom. The number of para-hydroxylation sites is 1. The van der Waals surface area contributed by atoms with Crippen LogP contribution in [0.4, 0.5) is 20.9 Å². The number of anilines is 3. The first-order valence-electron chi connectivity index (χ1n) is 10.5. The van der Waals surface area contributed by atoms with E-state index >= 15 is 0 Å². The quantitative estimate of drug-likeness (QED) is 0.303. The van der Waals surface area contributed by atoms with Gasteiger partial charge in [0.15, 0.2) is 11.0 Å². The van der Waals surface area contributed by atoms with Crippen LogP contribution in [0.3, 0.4) is 0 Å². The average molecular weight is 490 g/mol. The van der Waals surface area contributed by atoms with Gasteiger partial charge in [0.2, 0.25) is 17.6 Å². The summed E-state index contributed by atoms with van der Waals surface area (Å²) in [7, 11) is 1.74. The number of halogens is 1. The third kappa shape index (κ3) is 5.39. The van der Waals surface area contributed by atoms with Gasteiger partial charge in [-0.05, 0) is 42.5 Å². The molecule has 4 rings (SSSR count). The Kier molecular flexibility index (Phi) is 6.93. The van der Waals surface area contributed by atoms with E-state index in [4.69, 9.17) is 0 Å². The molecule has 0 aliphatic heterocycles. The van der Waals surface area contributed by atoms with E-state index in [0.29, 0.717) is 22.8 Å². The fraction of sp³-hybridized carbons (Fsp3) is 0.0800. The predicted octanol–water partition coefficient (Wildman–Crippen LogP) is 4.58. The minimum atomic E-state index is -0.540. The van der Waals surface area contributed by atoms with Gasteiger partial charge >= 0.3 is 0 Å². The van der Waals surface area contributed by atoms with Crippen molar-refractivity contribution in [3.05, 3.63) is 95.3 Å². The molecule has 0 aliphatic rings. The number of carbonyl (C=O) groups is 3. The van der Waals surface area contributed by atoms with Crippen LogP contribution in [0.25, 0.3) is 6.08 Å². The smallest absolute Gasteiger partial charge is 0.248 e. The Morgan fingerprint density at radius 1 is 1.11 bits per heavy atom. The summed E-state index contributed by atoms with van der Waals surface area (Å²) in [6.45, 7) is 1.33. The van der Waals surface area contributed by atoms with Gasteiger partial charge in [-0.2, -0.15) is 0 Å². The van der Waals surface area contributed by atoms with E-state index < -0.39 is 11.7 Å². The Morgan fingerprint density at radius 3 is 2.51 bits per heavy atom. The zero-order valence-corrected chi connectivity index (χ0v) is 19.6. The van der Waals surface area contributed by atoms with Crippen molar-refractivity contribution in [2.45, 2.75) is 6.92 Å². The Bertz CT molecular complexity index is 1420. The number of thiazole rings is 1. The topological polar surface area (TPSA) is 97.2 Å². The number of aromatic nitrogens is 3. The lowest BCUT2D eigenvalue weighted by Gasteiger charge is -2.18. The first-order valence-corrected chi connectivity index (χ1v) is 11.3. The molecule has 35 heavy (non-hydrogen) atoms. The third-order valence-electron chi connectivity index (χ3n) is 4.95. The van der Waals surface area contributed by atoms with E-state index in [0.717, 1.165) is 11.3 Å². The number of imidazole rings is 1. The van der Waals surface area contributed by atoms with Crippen molar-refractivity contribution in [1.29, 1.82) is 0 Å². The Labute approximate surface area is 204 Å². The minimum Gasteiger partial charge on any atom is -0.331 e. The highest BCUT2D eigenvalue weighted by Crippen LogP contribution is 2.31. The van der Waals surface area contributed by atoms with Crippen LogP contribution >= 0.6 is 11.3 Å². The van der Waals surface area contributed by atoms with Gasteiger partial charge < -0.3 is 9.88 Å². The summed E-state index contributed by atoms with van der Waals surface area (Å²) in [6.07, 6.45) is 6.04. The predicted molar refractivity (Wildman–Crippen MR) is 132 cm³/mol. The van der Waals surface area contributed by atoms with Gasteiger partial charge in [-0.25, -0.2) is 14.4 Å². The molecule has 2 aromatic heterocycles. The van der Waals surface area contributed by atoms with Crippen molar-refractivity contribution in [3.63, 3.8) is 0 Å². The highest BCUT2D eigenvalue weighted by atomic mass is 32.1. The van der Waals surface area contributed by atoms with Crippen LogP contribution in [-0.4, -0.2) is 32.1 Å². The summed E-state index contributed by atoms with van der Waals surface area (Å²) in [5.41, 5.74) is 1.51. The molecule has 2 aromatic carbocycles. The van der Waals surface area contributed by atoms with E-state index in [1.807, 2.05) is 0 Å². The number of hydrogen-bond donors (Lipinski definition) is 1. The maximum absolute atomic E-state index is 14.2. The Hall–Kier alpha value is -4.44. The molecule has 4 aromatic rings. The second-order valence-electron chi connectivity index (χ2n) is 7.45. The normalized spacial score (nSPS) is 10.9. The summed E-state index contributed by atoms with van der Waals surface area (Å²) in [6, 6.07) is 12.4. The van der Waals surface area contributed by atoms with Gasteiger partial charge in [0.1, 0.15) is 5.82 Å². The molecule has 0 aliphatic carbocycles. The maximum Gasteiger partial charge on any atom is 0.248 e. The van der Waals surface area contributed by atoms with Crippen molar-refractivity contribution in [3.8, 4) is 0 Å². The summed E-state index contributed by atoms with van der Waals surface area (Å²) in [4.78, 5) is 46.5. The number of nitrogens with zero attached hydrogens (tertiary/aromatic N) is 4. The Balaban J connectivity index is 1.41. The first kappa shape index (κ1) is 23.7. The molecule has 8 nitrogen and oxygen atoms in total. The van der Waals surface area contributed by atoms with Crippen molar-refractivity contribution in [2.24, 2.45) is 7.05 Å². The lowest BCUT2D eigenvalue weighted by atomic mass is 10.1. The zero-order valence-electron chi connectivity index (χ0n) is 18.8. The lowest BCUT2D eigenvalue weighted by Crippen LogP contribution is -2.23. The van der Waals surface area contributed by atoms with E-state index in [2.05, 4.69) is 15.3 Å². The number of benzene rings is 2. The van der Waals surface area contributed by atoms with Crippen LogP contribution in [0.15, 0.2) is 72.4 Å². The summed E-state index contributed by atoms with van der Waals surface area (Å²) < 4.78 is 15.8. The summed E-state index contributed by atoms with van der Waals surface area (Å²) >= 11 is 1.15. The number of nitrogens with one attached hydrogen (secondary N) is 1. The molecule has 0 unspecified atom stereocenters. The lowest BCUT2D eigenvalue weighted by molar-refractivity contribution is -0.116. The molecule has 0 bridgehead atoms. The molecule has 10 heteroatoms. The second kappa shape index (κ2) is 10.2. The molecule has 2 heterocycles. The van der Waals surface area contributed by atoms with E-state index in [9.17, 15) is 18.8 Å². The monoisotopic (exact) mass is 489 g/mol. The van der Waals surface area contributed by atoms with E-state index in [1.54, 1.807) is 59.7 Å². The van der Waals surface area contributed by atoms with Crippen molar-refractivity contribution < 1.29 is 18.8 Å². The van der Waals surface area contributed by atoms with Crippen molar-refractivity contribution in [1.82, 2.24) is 14.5 Å².